The molecule has 4 rings (SSSR count). The van der Waals surface area contributed by atoms with Crippen molar-refractivity contribution in [2.75, 3.05) is 6.54 Å². The molecule has 1 aromatic carbocycles. The lowest BCUT2D eigenvalue weighted by Crippen LogP contribution is -2.35. The van der Waals surface area contributed by atoms with E-state index in [1.807, 2.05) is 29.2 Å². The SMILES string of the molecule is O=C(C1CCCC1)N1CCC[C@@H]1c1nc(-c2cccc(Cl)c2)no1. The Labute approximate surface area is 146 Å². The summed E-state index contributed by atoms with van der Waals surface area (Å²) in [5.41, 5.74) is 0.823. The first-order valence-corrected chi connectivity index (χ1v) is 9.00. The van der Waals surface area contributed by atoms with E-state index < -0.39 is 0 Å². The Morgan fingerprint density at radius 2 is 2.04 bits per heavy atom. The number of benzene rings is 1. The number of hydrogen-bond acceptors (Lipinski definition) is 4. The van der Waals surface area contributed by atoms with Crippen LogP contribution in [0.3, 0.4) is 0 Å². The Morgan fingerprint density at radius 3 is 2.83 bits per heavy atom. The molecule has 0 unspecified atom stereocenters. The highest BCUT2D eigenvalue weighted by molar-refractivity contribution is 6.30. The predicted octanol–water partition coefficient (Wildman–Crippen LogP) is 4.24. The normalized spacial score (nSPS) is 21.5. The zero-order valence-corrected chi connectivity index (χ0v) is 14.2. The fourth-order valence-electron chi connectivity index (χ4n) is 3.81. The van der Waals surface area contributed by atoms with E-state index in [1.54, 1.807) is 0 Å². The maximum atomic E-state index is 12.8. The molecule has 5 nitrogen and oxygen atoms in total. The summed E-state index contributed by atoms with van der Waals surface area (Å²) < 4.78 is 5.49. The van der Waals surface area contributed by atoms with Crippen LogP contribution in [0.5, 0.6) is 0 Å². The standard InChI is InChI=1S/C18H20ClN3O2/c19-14-8-3-7-13(11-14)16-20-17(24-21-16)15-9-4-10-22(15)18(23)12-5-1-2-6-12/h3,7-8,11-12,15H,1-2,4-6,9-10H2/t15-/m1/s1. The van der Waals surface area contributed by atoms with Crippen molar-refractivity contribution in [2.24, 2.45) is 5.92 Å². The van der Waals surface area contributed by atoms with Gasteiger partial charge in [0.05, 0.1) is 0 Å². The van der Waals surface area contributed by atoms with Crippen molar-refractivity contribution in [2.45, 2.75) is 44.6 Å². The molecule has 1 saturated carbocycles. The van der Waals surface area contributed by atoms with E-state index in [9.17, 15) is 4.79 Å². The quantitative estimate of drug-likeness (QED) is 0.834. The summed E-state index contributed by atoms with van der Waals surface area (Å²) in [7, 11) is 0. The zero-order valence-electron chi connectivity index (χ0n) is 13.4. The van der Waals surface area contributed by atoms with Crippen molar-refractivity contribution < 1.29 is 9.32 Å². The summed E-state index contributed by atoms with van der Waals surface area (Å²) in [6.45, 7) is 0.787. The van der Waals surface area contributed by atoms with Gasteiger partial charge in [0.1, 0.15) is 6.04 Å². The Hall–Kier alpha value is -1.88. The molecule has 1 saturated heterocycles. The summed E-state index contributed by atoms with van der Waals surface area (Å²) >= 11 is 6.03. The highest BCUT2D eigenvalue weighted by Gasteiger charge is 2.37. The minimum atomic E-state index is -0.0847. The van der Waals surface area contributed by atoms with E-state index in [2.05, 4.69) is 10.1 Å². The van der Waals surface area contributed by atoms with Crippen LogP contribution in [0.4, 0.5) is 0 Å². The molecule has 0 spiro atoms. The lowest BCUT2D eigenvalue weighted by molar-refractivity contribution is -0.136. The van der Waals surface area contributed by atoms with Gasteiger partial charge < -0.3 is 9.42 Å². The number of carbonyl (C=O) groups is 1. The average Bonchev–Trinajstić information content (AvgIpc) is 3.33. The second-order valence-corrected chi connectivity index (χ2v) is 7.07. The van der Waals surface area contributed by atoms with Crippen LogP contribution >= 0.6 is 11.6 Å². The molecule has 2 aromatic rings. The molecule has 0 N–H and O–H groups in total. The third kappa shape index (κ3) is 2.93. The predicted molar refractivity (Wildman–Crippen MR) is 90.4 cm³/mol. The number of nitrogens with zero attached hydrogens (tertiary/aromatic N) is 3. The van der Waals surface area contributed by atoms with E-state index in [-0.39, 0.29) is 17.9 Å². The van der Waals surface area contributed by atoms with Crippen LogP contribution in [0.25, 0.3) is 11.4 Å². The van der Waals surface area contributed by atoms with E-state index >= 15 is 0 Å². The maximum Gasteiger partial charge on any atom is 0.249 e. The fraction of sp³-hybridized carbons (Fsp3) is 0.500. The molecular weight excluding hydrogens is 326 g/mol. The molecule has 1 aliphatic heterocycles. The number of likely N-dealkylation sites (tertiary alicyclic amines) is 1. The highest BCUT2D eigenvalue weighted by Crippen LogP contribution is 2.36. The molecule has 1 aromatic heterocycles. The van der Waals surface area contributed by atoms with Gasteiger partial charge in [-0.3, -0.25) is 4.79 Å². The van der Waals surface area contributed by atoms with Crippen LogP contribution < -0.4 is 0 Å². The molecule has 1 aliphatic carbocycles. The monoisotopic (exact) mass is 345 g/mol. The largest absolute Gasteiger partial charge is 0.337 e. The van der Waals surface area contributed by atoms with Crippen molar-refractivity contribution >= 4 is 17.5 Å². The van der Waals surface area contributed by atoms with Crippen LogP contribution in [0, 0.1) is 5.92 Å². The first-order valence-electron chi connectivity index (χ1n) is 8.62. The Bertz CT molecular complexity index is 739. The number of amides is 1. The van der Waals surface area contributed by atoms with Crippen molar-refractivity contribution in [3.05, 3.63) is 35.2 Å². The Kier molecular flexibility index (Phi) is 4.27. The first-order chi connectivity index (χ1) is 11.7. The van der Waals surface area contributed by atoms with Crippen LogP contribution in [-0.4, -0.2) is 27.5 Å². The van der Waals surface area contributed by atoms with Crippen LogP contribution in [0.2, 0.25) is 5.02 Å². The number of carbonyl (C=O) groups excluding carboxylic acids is 1. The van der Waals surface area contributed by atoms with Gasteiger partial charge in [0, 0.05) is 23.0 Å². The van der Waals surface area contributed by atoms with Gasteiger partial charge in [-0.05, 0) is 37.8 Å². The summed E-state index contributed by atoms with van der Waals surface area (Å²) in [4.78, 5) is 19.3. The minimum Gasteiger partial charge on any atom is -0.337 e. The third-order valence-electron chi connectivity index (χ3n) is 5.05. The zero-order chi connectivity index (χ0) is 16.5. The van der Waals surface area contributed by atoms with Gasteiger partial charge >= 0.3 is 0 Å². The van der Waals surface area contributed by atoms with Crippen molar-refractivity contribution in [1.29, 1.82) is 0 Å². The second-order valence-electron chi connectivity index (χ2n) is 6.64. The average molecular weight is 346 g/mol. The van der Waals surface area contributed by atoms with Crippen LogP contribution in [-0.2, 0) is 4.79 Å². The lowest BCUT2D eigenvalue weighted by Gasteiger charge is -2.24. The number of halogens is 1. The summed E-state index contributed by atoms with van der Waals surface area (Å²) in [6.07, 6.45) is 6.22. The van der Waals surface area contributed by atoms with Gasteiger partial charge in [0.2, 0.25) is 17.6 Å². The Balaban J connectivity index is 1.55. The number of rotatable bonds is 3. The van der Waals surface area contributed by atoms with Crippen molar-refractivity contribution in [1.82, 2.24) is 15.0 Å². The van der Waals surface area contributed by atoms with Crippen LogP contribution in [0.15, 0.2) is 28.8 Å². The van der Waals surface area contributed by atoms with Gasteiger partial charge in [-0.15, -0.1) is 0 Å². The van der Waals surface area contributed by atoms with Gasteiger partial charge in [0.25, 0.3) is 0 Å². The summed E-state index contributed by atoms with van der Waals surface area (Å²) in [6, 6.07) is 7.30. The highest BCUT2D eigenvalue weighted by atomic mass is 35.5. The molecule has 2 heterocycles. The molecule has 1 amide bonds. The Morgan fingerprint density at radius 1 is 1.21 bits per heavy atom. The molecular formula is C18H20ClN3O2. The molecule has 2 fully saturated rings. The number of hydrogen-bond donors (Lipinski definition) is 0. The summed E-state index contributed by atoms with van der Waals surface area (Å²) in [5.74, 6) is 1.50. The maximum absolute atomic E-state index is 12.8. The molecule has 2 aliphatic rings. The third-order valence-corrected chi connectivity index (χ3v) is 5.29. The summed E-state index contributed by atoms with van der Waals surface area (Å²) in [5, 5.41) is 4.72. The van der Waals surface area contributed by atoms with E-state index in [0.717, 1.165) is 50.6 Å². The van der Waals surface area contributed by atoms with Gasteiger partial charge in [-0.25, -0.2) is 0 Å². The van der Waals surface area contributed by atoms with Gasteiger partial charge in [-0.2, -0.15) is 4.98 Å². The van der Waals surface area contributed by atoms with Crippen LogP contribution in [0.1, 0.15) is 50.5 Å². The minimum absolute atomic E-state index is 0.0847. The first kappa shape index (κ1) is 15.6. The van der Waals surface area contributed by atoms with Gasteiger partial charge in [-0.1, -0.05) is 41.7 Å². The van der Waals surface area contributed by atoms with Gasteiger partial charge in [0.15, 0.2) is 0 Å². The lowest BCUT2D eigenvalue weighted by atomic mass is 10.1. The van der Waals surface area contributed by atoms with Crippen molar-refractivity contribution in [3.8, 4) is 11.4 Å². The molecule has 126 valence electrons. The molecule has 24 heavy (non-hydrogen) atoms. The fourth-order valence-corrected chi connectivity index (χ4v) is 4.00. The molecule has 6 heteroatoms. The van der Waals surface area contributed by atoms with Crippen molar-refractivity contribution in [3.63, 3.8) is 0 Å². The molecule has 0 bridgehead atoms. The smallest absolute Gasteiger partial charge is 0.249 e. The number of aromatic nitrogens is 2. The van der Waals surface area contributed by atoms with E-state index in [4.69, 9.17) is 16.1 Å². The second kappa shape index (κ2) is 6.55. The van der Waals surface area contributed by atoms with E-state index in [1.165, 1.54) is 0 Å². The van der Waals surface area contributed by atoms with E-state index in [0.29, 0.717) is 16.7 Å². The molecule has 1 atom stereocenters. The molecule has 0 radical (unpaired) electrons. The topological polar surface area (TPSA) is 59.2 Å².